The molecule has 0 bridgehead atoms. The third-order valence-electron chi connectivity index (χ3n) is 2.89. The van der Waals surface area contributed by atoms with Crippen molar-refractivity contribution in [2.45, 2.75) is 10.1 Å². The van der Waals surface area contributed by atoms with Crippen molar-refractivity contribution in [3.63, 3.8) is 0 Å². The topological polar surface area (TPSA) is 63.9 Å². The Morgan fingerprint density at radius 2 is 1.90 bits per heavy atom. The number of aromatic nitrogens is 2. The molecule has 108 valence electrons. The number of nitrogens with zero attached hydrogens (tertiary/aromatic N) is 1. The number of benzene rings is 2. The van der Waals surface area contributed by atoms with Crippen molar-refractivity contribution < 1.29 is 4.74 Å². The lowest BCUT2D eigenvalue weighted by atomic mass is 10.3. The molecule has 1 heterocycles. The summed E-state index contributed by atoms with van der Waals surface area (Å²) in [5.74, 6) is 0.770. The van der Waals surface area contributed by atoms with Crippen LogP contribution in [-0.4, -0.2) is 17.1 Å². The summed E-state index contributed by atoms with van der Waals surface area (Å²) < 4.78 is 5.19. The zero-order valence-corrected chi connectivity index (χ0v) is 13.3. The Labute approximate surface area is 135 Å². The molecule has 0 radical (unpaired) electrons. The van der Waals surface area contributed by atoms with E-state index in [0.29, 0.717) is 20.9 Å². The monoisotopic (exact) mass is 339 g/mol. The summed E-state index contributed by atoms with van der Waals surface area (Å²) in [5.41, 5.74) is 7.97. The van der Waals surface area contributed by atoms with Gasteiger partial charge in [-0.1, -0.05) is 23.2 Å². The van der Waals surface area contributed by atoms with Crippen molar-refractivity contribution in [2.75, 3.05) is 12.8 Å². The van der Waals surface area contributed by atoms with Crippen LogP contribution in [0.25, 0.3) is 11.0 Å². The Morgan fingerprint density at radius 1 is 1.19 bits per heavy atom. The number of nitrogens with one attached hydrogen (secondary N) is 1. The molecule has 0 aliphatic heterocycles. The standard InChI is InChI=1S/C14H11Cl2N3OS/c1-20-8-2-3-11-12(6-8)19-14(18-11)21-13-9(15)4-7(17)5-10(13)16/h2-6H,17H2,1H3,(H,18,19). The van der Waals surface area contributed by atoms with Gasteiger partial charge in [-0.2, -0.15) is 0 Å². The number of aromatic amines is 1. The van der Waals surface area contributed by atoms with Crippen LogP contribution in [0.15, 0.2) is 40.4 Å². The lowest BCUT2D eigenvalue weighted by Crippen LogP contribution is -1.87. The molecule has 0 saturated carbocycles. The Hall–Kier alpha value is -1.56. The number of fused-ring (bicyclic) bond motifs is 1. The second kappa shape index (κ2) is 5.67. The highest BCUT2D eigenvalue weighted by Crippen LogP contribution is 2.39. The lowest BCUT2D eigenvalue weighted by molar-refractivity contribution is 0.415. The van der Waals surface area contributed by atoms with Gasteiger partial charge in [0.05, 0.1) is 33.1 Å². The summed E-state index contributed by atoms with van der Waals surface area (Å²) in [7, 11) is 1.63. The molecule has 0 aliphatic carbocycles. The predicted octanol–water partition coefficient (Wildman–Crippen LogP) is 4.61. The van der Waals surface area contributed by atoms with Crippen LogP contribution in [0.5, 0.6) is 5.75 Å². The SMILES string of the molecule is COc1ccc2nc(Sc3c(Cl)cc(N)cc3Cl)[nH]c2c1. The molecule has 0 unspecified atom stereocenters. The number of methoxy groups -OCH3 is 1. The van der Waals surface area contributed by atoms with E-state index >= 15 is 0 Å². The van der Waals surface area contributed by atoms with E-state index in [1.807, 2.05) is 18.2 Å². The highest BCUT2D eigenvalue weighted by atomic mass is 35.5. The van der Waals surface area contributed by atoms with Crippen molar-refractivity contribution in [3.8, 4) is 5.75 Å². The number of nitrogens with two attached hydrogens (primary N) is 1. The highest BCUT2D eigenvalue weighted by molar-refractivity contribution is 7.99. The number of anilines is 1. The maximum Gasteiger partial charge on any atom is 0.171 e. The number of halogens is 2. The normalized spacial score (nSPS) is 11.0. The van der Waals surface area contributed by atoms with Gasteiger partial charge in [-0.05, 0) is 36.0 Å². The molecule has 0 amide bonds. The number of rotatable bonds is 3. The summed E-state index contributed by atoms with van der Waals surface area (Å²) in [5, 5.41) is 1.71. The number of H-pyrrole nitrogens is 1. The average molecular weight is 340 g/mol. The van der Waals surface area contributed by atoms with Gasteiger partial charge in [0, 0.05) is 11.8 Å². The van der Waals surface area contributed by atoms with E-state index in [1.54, 1.807) is 19.2 Å². The van der Waals surface area contributed by atoms with Crippen molar-refractivity contribution in [1.82, 2.24) is 9.97 Å². The first-order valence-electron chi connectivity index (χ1n) is 6.03. The Balaban J connectivity index is 1.98. The summed E-state index contributed by atoms with van der Waals surface area (Å²) in [4.78, 5) is 8.42. The molecule has 21 heavy (non-hydrogen) atoms. The number of imidazole rings is 1. The molecule has 0 atom stereocenters. The minimum Gasteiger partial charge on any atom is -0.497 e. The van der Waals surface area contributed by atoms with Gasteiger partial charge in [0.2, 0.25) is 0 Å². The van der Waals surface area contributed by atoms with Crippen LogP contribution in [0.2, 0.25) is 10.0 Å². The minimum absolute atomic E-state index is 0.503. The molecule has 0 saturated heterocycles. The largest absolute Gasteiger partial charge is 0.497 e. The molecule has 3 N–H and O–H groups in total. The van der Waals surface area contributed by atoms with Crippen LogP contribution in [-0.2, 0) is 0 Å². The zero-order chi connectivity index (χ0) is 15.0. The fourth-order valence-corrected chi connectivity index (χ4v) is 3.46. The Morgan fingerprint density at radius 3 is 2.57 bits per heavy atom. The molecule has 0 aliphatic rings. The predicted molar refractivity (Wildman–Crippen MR) is 87.6 cm³/mol. The van der Waals surface area contributed by atoms with Crippen molar-refractivity contribution in [1.29, 1.82) is 0 Å². The number of ether oxygens (including phenoxy) is 1. The Bertz CT molecular complexity index is 796. The van der Waals surface area contributed by atoms with Crippen LogP contribution in [0.4, 0.5) is 5.69 Å². The van der Waals surface area contributed by atoms with E-state index in [9.17, 15) is 0 Å². The van der Waals surface area contributed by atoms with Gasteiger partial charge in [0.1, 0.15) is 5.75 Å². The fourth-order valence-electron chi connectivity index (χ4n) is 1.91. The fraction of sp³-hybridized carbons (Fsp3) is 0.0714. The molecule has 3 aromatic rings. The van der Waals surface area contributed by atoms with Gasteiger partial charge in [0.15, 0.2) is 5.16 Å². The van der Waals surface area contributed by atoms with E-state index in [4.69, 9.17) is 33.7 Å². The maximum absolute atomic E-state index is 6.18. The molecular formula is C14H11Cl2N3OS. The van der Waals surface area contributed by atoms with E-state index in [1.165, 1.54) is 11.8 Å². The number of nitrogen functional groups attached to an aromatic ring is 1. The van der Waals surface area contributed by atoms with Gasteiger partial charge >= 0.3 is 0 Å². The van der Waals surface area contributed by atoms with Gasteiger partial charge in [-0.3, -0.25) is 0 Å². The van der Waals surface area contributed by atoms with Crippen LogP contribution >= 0.6 is 35.0 Å². The quantitative estimate of drug-likeness (QED) is 0.684. The first kappa shape index (κ1) is 14.4. The van der Waals surface area contributed by atoms with Crippen molar-refractivity contribution in [3.05, 3.63) is 40.4 Å². The molecule has 2 aromatic carbocycles. The summed E-state index contributed by atoms with van der Waals surface area (Å²) in [6.45, 7) is 0. The molecule has 4 nitrogen and oxygen atoms in total. The zero-order valence-electron chi connectivity index (χ0n) is 11.0. The van der Waals surface area contributed by atoms with Gasteiger partial charge in [0.25, 0.3) is 0 Å². The second-order valence-electron chi connectivity index (χ2n) is 4.34. The van der Waals surface area contributed by atoms with E-state index in [0.717, 1.165) is 21.7 Å². The van der Waals surface area contributed by atoms with Gasteiger partial charge < -0.3 is 15.5 Å². The first-order chi connectivity index (χ1) is 10.1. The number of hydrogen-bond donors (Lipinski definition) is 2. The third-order valence-corrected chi connectivity index (χ3v) is 4.74. The van der Waals surface area contributed by atoms with Crippen molar-refractivity contribution in [2.24, 2.45) is 0 Å². The van der Waals surface area contributed by atoms with Crippen LogP contribution in [0.3, 0.4) is 0 Å². The van der Waals surface area contributed by atoms with Crippen LogP contribution < -0.4 is 10.5 Å². The number of hydrogen-bond acceptors (Lipinski definition) is 4. The first-order valence-corrected chi connectivity index (χ1v) is 7.60. The molecular weight excluding hydrogens is 329 g/mol. The average Bonchev–Trinajstić information content (AvgIpc) is 2.84. The van der Waals surface area contributed by atoms with Crippen LogP contribution in [0.1, 0.15) is 0 Å². The third kappa shape index (κ3) is 2.90. The molecule has 1 aromatic heterocycles. The van der Waals surface area contributed by atoms with Crippen LogP contribution in [0, 0.1) is 0 Å². The molecule has 0 spiro atoms. The summed E-state index contributed by atoms with van der Waals surface area (Å²) in [6.07, 6.45) is 0. The second-order valence-corrected chi connectivity index (χ2v) is 6.15. The molecule has 3 rings (SSSR count). The smallest absolute Gasteiger partial charge is 0.171 e. The minimum atomic E-state index is 0.503. The molecule has 0 fully saturated rings. The summed E-state index contributed by atoms with van der Waals surface area (Å²) >= 11 is 13.7. The van der Waals surface area contributed by atoms with Crippen molar-refractivity contribution >= 4 is 51.7 Å². The Kier molecular flexibility index (Phi) is 3.89. The van der Waals surface area contributed by atoms with E-state index < -0.39 is 0 Å². The maximum atomic E-state index is 6.18. The summed E-state index contributed by atoms with van der Waals surface area (Å²) in [6, 6.07) is 8.98. The van der Waals surface area contributed by atoms with E-state index in [-0.39, 0.29) is 0 Å². The molecule has 7 heteroatoms. The van der Waals surface area contributed by atoms with E-state index in [2.05, 4.69) is 9.97 Å². The highest BCUT2D eigenvalue weighted by Gasteiger charge is 2.12. The van der Waals surface area contributed by atoms with Gasteiger partial charge in [-0.25, -0.2) is 4.98 Å². The van der Waals surface area contributed by atoms with Gasteiger partial charge in [-0.15, -0.1) is 0 Å². The lowest BCUT2D eigenvalue weighted by Gasteiger charge is -2.05.